The van der Waals surface area contributed by atoms with Crippen molar-refractivity contribution in [1.82, 2.24) is 5.32 Å². The van der Waals surface area contributed by atoms with Gasteiger partial charge < -0.3 is 9.84 Å². The standard InChI is InChI=1S/C10H14BNO2/c1-12-10(11,13)8-14-7-9-5-3-2-4-6-9/h2-6,12-13H,7-8H2,1H3. The maximum atomic E-state index is 9.34. The third kappa shape index (κ3) is 3.92. The van der Waals surface area contributed by atoms with Gasteiger partial charge in [0.15, 0.2) is 0 Å². The van der Waals surface area contributed by atoms with Crippen LogP contribution in [0, 0.1) is 0 Å². The van der Waals surface area contributed by atoms with Crippen LogP contribution in [0.5, 0.6) is 0 Å². The summed E-state index contributed by atoms with van der Waals surface area (Å²) in [4.78, 5) is 0. The molecular weight excluding hydrogens is 177 g/mol. The first-order valence-electron chi connectivity index (χ1n) is 4.46. The zero-order chi connectivity index (χ0) is 10.4. The zero-order valence-electron chi connectivity index (χ0n) is 8.23. The summed E-state index contributed by atoms with van der Waals surface area (Å²) < 4.78 is 5.24. The monoisotopic (exact) mass is 191 g/mol. The van der Waals surface area contributed by atoms with Gasteiger partial charge in [0.05, 0.1) is 18.8 Å². The Kier molecular flexibility index (Phi) is 4.13. The number of aliphatic hydroxyl groups is 1. The van der Waals surface area contributed by atoms with Gasteiger partial charge in [-0.2, -0.15) is 0 Å². The second kappa shape index (κ2) is 5.15. The van der Waals surface area contributed by atoms with Gasteiger partial charge in [-0.05, 0) is 12.6 Å². The Morgan fingerprint density at radius 2 is 2.07 bits per heavy atom. The minimum absolute atomic E-state index is 0.0540. The molecule has 1 aromatic rings. The van der Waals surface area contributed by atoms with Crippen LogP contribution in [-0.4, -0.2) is 32.2 Å². The van der Waals surface area contributed by atoms with Crippen LogP contribution in [0.3, 0.4) is 0 Å². The molecule has 74 valence electrons. The first kappa shape index (κ1) is 11.2. The molecule has 1 unspecified atom stereocenters. The Bertz CT molecular complexity index is 264. The second-order valence-electron chi connectivity index (χ2n) is 3.15. The van der Waals surface area contributed by atoms with E-state index in [2.05, 4.69) is 5.32 Å². The molecule has 4 heteroatoms. The smallest absolute Gasteiger partial charge is 0.138 e. The van der Waals surface area contributed by atoms with Crippen molar-refractivity contribution in [3.05, 3.63) is 35.9 Å². The Morgan fingerprint density at radius 1 is 1.43 bits per heavy atom. The van der Waals surface area contributed by atoms with Crippen LogP contribution in [0.1, 0.15) is 5.56 Å². The minimum atomic E-state index is -1.45. The lowest BCUT2D eigenvalue weighted by atomic mass is 9.92. The van der Waals surface area contributed by atoms with Crippen molar-refractivity contribution in [2.24, 2.45) is 0 Å². The molecule has 0 aromatic heterocycles. The molecule has 0 spiro atoms. The van der Waals surface area contributed by atoms with E-state index in [9.17, 15) is 5.11 Å². The van der Waals surface area contributed by atoms with Crippen LogP contribution in [0.2, 0.25) is 0 Å². The summed E-state index contributed by atoms with van der Waals surface area (Å²) in [7, 11) is 6.97. The largest absolute Gasteiger partial charge is 0.383 e. The van der Waals surface area contributed by atoms with Gasteiger partial charge in [-0.1, -0.05) is 30.3 Å². The van der Waals surface area contributed by atoms with Crippen LogP contribution < -0.4 is 5.32 Å². The van der Waals surface area contributed by atoms with E-state index in [1.807, 2.05) is 30.3 Å². The van der Waals surface area contributed by atoms with Gasteiger partial charge in [-0.25, -0.2) is 0 Å². The maximum absolute atomic E-state index is 9.34. The van der Waals surface area contributed by atoms with Crippen molar-refractivity contribution < 1.29 is 9.84 Å². The molecular formula is C10H14BNO2. The second-order valence-corrected chi connectivity index (χ2v) is 3.15. The fourth-order valence-electron chi connectivity index (χ4n) is 0.971. The highest BCUT2D eigenvalue weighted by Gasteiger charge is 2.15. The Hall–Kier alpha value is -0.835. The lowest BCUT2D eigenvalue weighted by molar-refractivity contribution is -0.0131. The van der Waals surface area contributed by atoms with E-state index < -0.39 is 5.62 Å². The normalized spacial score (nSPS) is 15.0. The van der Waals surface area contributed by atoms with Crippen LogP contribution in [0.25, 0.3) is 0 Å². The van der Waals surface area contributed by atoms with Gasteiger partial charge in [-0.3, -0.25) is 5.32 Å². The molecule has 0 aliphatic rings. The number of hydrogen-bond donors (Lipinski definition) is 2. The van der Waals surface area contributed by atoms with E-state index in [1.165, 1.54) is 0 Å². The summed E-state index contributed by atoms with van der Waals surface area (Å²) >= 11 is 0. The molecule has 14 heavy (non-hydrogen) atoms. The van der Waals surface area contributed by atoms with E-state index in [4.69, 9.17) is 12.6 Å². The van der Waals surface area contributed by atoms with Gasteiger partial charge >= 0.3 is 0 Å². The van der Waals surface area contributed by atoms with Gasteiger partial charge in [0.25, 0.3) is 0 Å². The van der Waals surface area contributed by atoms with Crippen LogP contribution in [0.15, 0.2) is 30.3 Å². The van der Waals surface area contributed by atoms with Crippen molar-refractivity contribution >= 4 is 7.85 Å². The molecule has 0 aliphatic carbocycles. The average Bonchev–Trinajstić information content (AvgIpc) is 2.19. The third-order valence-corrected chi connectivity index (χ3v) is 1.87. The molecule has 1 atom stereocenters. The van der Waals surface area contributed by atoms with E-state index in [1.54, 1.807) is 7.05 Å². The van der Waals surface area contributed by atoms with Crippen molar-refractivity contribution in [2.75, 3.05) is 13.7 Å². The first-order valence-corrected chi connectivity index (χ1v) is 4.46. The summed E-state index contributed by atoms with van der Waals surface area (Å²) in [6.45, 7) is 0.500. The van der Waals surface area contributed by atoms with Gasteiger partial charge in [0.1, 0.15) is 7.85 Å². The highest BCUT2D eigenvalue weighted by molar-refractivity contribution is 6.14. The number of hydrogen-bond acceptors (Lipinski definition) is 3. The minimum Gasteiger partial charge on any atom is -0.383 e. The molecule has 0 fully saturated rings. The summed E-state index contributed by atoms with van der Waals surface area (Å²) in [5.74, 6) is 0. The van der Waals surface area contributed by atoms with Crippen LogP contribution >= 0.6 is 0 Å². The van der Waals surface area contributed by atoms with Crippen LogP contribution in [0.4, 0.5) is 0 Å². The number of benzene rings is 1. The predicted molar refractivity (Wildman–Crippen MR) is 55.9 cm³/mol. The average molecular weight is 191 g/mol. The molecule has 1 rings (SSSR count). The zero-order valence-corrected chi connectivity index (χ0v) is 8.23. The van der Waals surface area contributed by atoms with Crippen molar-refractivity contribution in [1.29, 1.82) is 0 Å². The Balaban J connectivity index is 2.29. The molecule has 0 saturated carbocycles. The number of rotatable bonds is 5. The summed E-state index contributed by atoms with van der Waals surface area (Å²) in [5.41, 5.74) is -0.395. The summed E-state index contributed by atoms with van der Waals surface area (Å²) in [6, 6.07) is 9.72. The van der Waals surface area contributed by atoms with E-state index in [0.717, 1.165) is 5.56 Å². The van der Waals surface area contributed by atoms with Gasteiger partial charge in [0, 0.05) is 0 Å². The molecule has 0 aliphatic heterocycles. The van der Waals surface area contributed by atoms with Crippen LogP contribution in [-0.2, 0) is 11.3 Å². The summed E-state index contributed by atoms with van der Waals surface area (Å²) in [5, 5.41) is 11.9. The SMILES string of the molecule is [B]C(O)(COCc1ccccc1)NC. The topological polar surface area (TPSA) is 41.5 Å². The number of nitrogens with one attached hydrogen (secondary N) is 1. The molecule has 2 N–H and O–H groups in total. The lowest BCUT2D eigenvalue weighted by Gasteiger charge is -2.22. The Morgan fingerprint density at radius 3 is 2.64 bits per heavy atom. The highest BCUT2D eigenvalue weighted by Crippen LogP contribution is 2.02. The van der Waals surface area contributed by atoms with Gasteiger partial charge in [-0.15, -0.1) is 0 Å². The van der Waals surface area contributed by atoms with Crippen molar-refractivity contribution in [3.63, 3.8) is 0 Å². The van der Waals surface area contributed by atoms with Crippen molar-refractivity contribution in [3.8, 4) is 0 Å². The highest BCUT2D eigenvalue weighted by atomic mass is 16.5. The van der Waals surface area contributed by atoms with E-state index >= 15 is 0 Å². The first-order chi connectivity index (χ1) is 6.64. The predicted octanol–water partition coefficient (Wildman–Crippen LogP) is 0.237. The Labute approximate surface area is 85.5 Å². The summed E-state index contributed by atoms with van der Waals surface area (Å²) in [6.07, 6.45) is 0. The fourth-order valence-corrected chi connectivity index (χ4v) is 0.971. The quantitative estimate of drug-likeness (QED) is 0.517. The van der Waals surface area contributed by atoms with Crippen molar-refractivity contribution in [2.45, 2.75) is 12.2 Å². The molecule has 3 nitrogen and oxygen atoms in total. The number of ether oxygens (including phenoxy) is 1. The molecule has 2 radical (unpaired) electrons. The third-order valence-electron chi connectivity index (χ3n) is 1.87. The van der Waals surface area contributed by atoms with E-state index in [-0.39, 0.29) is 6.61 Å². The van der Waals surface area contributed by atoms with Gasteiger partial charge in [0.2, 0.25) is 0 Å². The molecule has 0 saturated heterocycles. The molecule has 0 amide bonds. The fraction of sp³-hybridized carbons (Fsp3) is 0.400. The lowest BCUT2D eigenvalue weighted by Crippen LogP contribution is -2.47. The molecule has 0 heterocycles. The molecule has 0 bridgehead atoms. The maximum Gasteiger partial charge on any atom is 0.138 e. The number of likely N-dealkylation sites (N-methyl/N-ethyl adjacent to an activating group) is 1. The van der Waals surface area contributed by atoms with E-state index in [0.29, 0.717) is 6.61 Å². The molecule has 1 aromatic carbocycles.